The molecule has 0 bridgehead atoms. The van der Waals surface area contributed by atoms with E-state index in [9.17, 15) is 0 Å². The Bertz CT molecular complexity index is 8.00. The Morgan fingerprint density at radius 3 is 1.00 bits per heavy atom. The zero-order valence-electron chi connectivity index (χ0n) is 0.378. The molecule has 0 aliphatic carbocycles. The van der Waals surface area contributed by atoms with Gasteiger partial charge in [0.05, 0.1) is 0 Å². The first-order chi connectivity index (χ1) is 0. The van der Waals surface area contributed by atoms with Crippen molar-refractivity contribution in [3.8, 4) is 0 Å². The van der Waals surface area contributed by atoms with Crippen molar-refractivity contribution in [3.05, 3.63) is 0 Å². The molecule has 0 aliphatic heterocycles. The van der Waals surface area contributed by atoms with Crippen LogP contribution in [0.2, 0.25) is 0 Å². The van der Waals surface area contributed by atoms with Crippen molar-refractivity contribution in [1.82, 2.24) is 0 Å². The fourth-order valence-corrected chi connectivity index (χ4v) is 0. The molecule has 0 saturated heterocycles. The van der Waals surface area contributed by atoms with Crippen molar-refractivity contribution in [2.45, 2.75) is 0 Å². The van der Waals surface area contributed by atoms with E-state index in [2.05, 4.69) is 0 Å². The van der Waals surface area contributed by atoms with Crippen LogP contribution in [0.25, 0.3) is 0 Å². The van der Waals surface area contributed by atoms with Gasteiger partial charge >= 0.3 is 90.3 Å². The third-order valence-electron chi connectivity index (χ3n) is 0. The van der Waals surface area contributed by atoms with Gasteiger partial charge in [-0.1, -0.05) is 0 Å². The summed E-state index contributed by atoms with van der Waals surface area (Å²) < 4.78 is 0. The van der Waals surface area contributed by atoms with E-state index in [4.69, 9.17) is 0 Å². The predicted octanol–water partition coefficient (Wildman–Crippen LogP) is -2.48. The van der Waals surface area contributed by atoms with Crippen LogP contribution >= 0.6 is 0 Å². The maximum atomic E-state index is 0. The summed E-state index contributed by atoms with van der Waals surface area (Å²) in [6, 6.07) is 0. The van der Waals surface area contributed by atoms with Crippen molar-refractivity contribution in [3.63, 3.8) is 0 Å². The molecule has 0 fully saturated rings. The van der Waals surface area contributed by atoms with Gasteiger partial charge in [-0.3, -0.25) is 0 Å². The van der Waals surface area contributed by atoms with Crippen molar-refractivity contribution >= 4 is 90.3 Å². The SMILES string of the molecule is [CaH2].[MgH2].[Mn].[NaH]. The second kappa shape index (κ2) is 16.0. The van der Waals surface area contributed by atoms with Gasteiger partial charge in [0.2, 0.25) is 0 Å². The Balaban J connectivity index is 0. The third kappa shape index (κ3) is 9.11. The summed E-state index contributed by atoms with van der Waals surface area (Å²) in [6.45, 7) is 0. The molecule has 0 saturated carbocycles. The molecule has 17 valence electrons. The quantitative estimate of drug-likeness (QED) is 0.333. The Morgan fingerprint density at radius 2 is 1.00 bits per heavy atom. The van der Waals surface area contributed by atoms with Crippen molar-refractivity contribution in [1.29, 1.82) is 0 Å². The minimum absolute atomic E-state index is 0. The summed E-state index contributed by atoms with van der Waals surface area (Å²) in [5, 5.41) is 0. The maximum absolute atomic E-state index is 0. The molecule has 0 aromatic carbocycles. The number of rotatable bonds is 0. The molecular formula is H5CaMgMnNa. The van der Waals surface area contributed by atoms with E-state index in [1.54, 1.807) is 0 Å². The third-order valence-corrected chi connectivity index (χ3v) is 0. The van der Waals surface area contributed by atoms with Gasteiger partial charge in [-0.2, -0.15) is 0 Å². The van der Waals surface area contributed by atoms with E-state index in [0.29, 0.717) is 0 Å². The first kappa shape index (κ1) is 25.7. The first-order valence-electron chi connectivity index (χ1n) is 0. The minimum atomic E-state index is 0. The van der Waals surface area contributed by atoms with Crippen molar-refractivity contribution in [2.24, 2.45) is 0 Å². The summed E-state index contributed by atoms with van der Waals surface area (Å²) in [6.07, 6.45) is 0. The van der Waals surface area contributed by atoms with Crippen LogP contribution in [-0.2, 0) is 17.1 Å². The molecule has 4 heteroatoms. The predicted molar refractivity (Wildman–Crippen MR) is 24.2 cm³/mol. The van der Waals surface area contributed by atoms with Crippen LogP contribution < -0.4 is 0 Å². The molecule has 4 heavy (non-hydrogen) atoms. The van der Waals surface area contributed by atoms with Crippen LogP contribution in [0, 0.1) is 0 Å². The zero-order chi connectivity index (χ0) is 0. The fourth-order valence-electron chi connectivity index (χ4n) is 0. The molecule has 0 N–H and O–H groups in total. The Labute approximate surface area is 105 Å². The summed E-state index contributed by atoms with van der Waals surface area (Å²) in [7, 11) is 0. The van der Waals surface area contributed by atoms with E-state index in [1.165, 1.54) is 0 Å². The molecule has 0 rings (SSSR count). The van der Waals surface area contributed by atoms with Gasteiger partial charge in [-0.25, -0.2) is 0 Å². The molecule has 1 radical (unpaired) electrons. The number of hydrogen-bond acceptors (Lipinski definition) is 0. The van der Waals surface area contributed by atoms with Gasteiger partial charge in [0.15, 0.2) is 0 Å². The van der Waals surface area contributed by atoms with Crippen molar-refractivity contribution < 1.29 is 17.1 Å². The van der Waals surface area contributed by atoms with E-state index in [0.717, 1.165) is 0 Å². The van der Waals surface area contributed by atoms with E-state index in [1.807, 2.05) is 0 Å². The average molecular weight is 147 g/mol. The van der Waals surface area contributed by atoms with Gasteiger partial charge in [-0.15, -0.1) is 0 Å². The van der Waals surface area contributed by atoms with E-state index >= 15 is 0 Å². The second-order valence-corrected chi connectivity index (χ2v) is 0. The Morgan fingerprint density at radius 1 is 1.00 bits per heavy atom. The van der Waals surface area contributed by atoms with Crippen LogP contribution in [0.5, 0.6) is 0 Å². The van der Waals surface area contributed by atoms with Crippen LogP contribution in [0.4, 0.5) is 0 Å². The molecule has 0 amide bonds. The van der Waals surface area contributed by atoms with Crippen molar-refractivity contribution in [2.75, 3.05) is 0 Å². The van der Waals surface area contributed by atoms with Crippen LogP contribution in [0.15, 0.2) is 0 Å². The van der Waals surface area contributed by atoms with Gasteiger partial charge in [-0.05, 0) is 0 Å². The Kier molecular flexibility index (Phi) is 103. The second-order valence-electron chi connectivity index (χ2n) is 0. The molecule has 0 nitrogen and oxygen atoms in total. The zero-order valence-corrected chi connectivity index (χ0v) is 1.56. The monoisotopic (exact) mass is 147 g/mol. The van der Waals surface area contributed by atoms with Gasteiger partial charge in [0, 0.05) is 17.1 Å². The molecule has 0 heterocycles. The average Bonchev–Trinajstić information content (AvgIpc) is 0. The van der Waals surface area contributed by atoms with Crippen LogP contribution in [0.1, 0.15) is 0 Å². The molecule has 0 aliphatic rings. The standard InChI is InChI=1S/Ca.Mg.Mn.Na.5H. The normalized spacial score (nSPS) is 0. The summed E-state index contributed by atoms with van der Waals surface area (Å²) in [5.74, 6) is 0. The Hall–Kier alpha value is 3.55. The van der Waals surface area contributed by atoms with Gasteiger partial charge < -0.3 is 0 Å². The molecule has 0 atom stereocenters. The molecule has 0 aromatic rings. The van der Waals surface area contributed by atoms with Gasteiger partial charge in [0.1, 0.15) is 0 Å². The molecule has 0 spiro atoms. The first-order valence-corrected chi connectivity index (χ1v) is 0. The molecule has 0 aromatic heterocycles. The fraction of sp³-hybridized carbons (Fsp3) is 0. The topological polar surface area (TPSA) is 0 Å². The van der Waals surface area contributed by atoms with Crippen LogP contribution in [-0.4, -0.2) is 90.3 Å². The summed E-state index contributed by atoms with van der Waals surface area (Å²) in [5.41, 5.74) is 0. The summed E-state index contributed by atoms with van der Waals surface area (Å²) >= 11 is 0. The van der Waals surface area contributed by atoms with Crippen LogP contribution in [0.3, 0.4) is 0 Å². The van der Waals surface area contributed by atoms with E-state index < -0.39 is 0 Å². The summed E-state index contributed by atoms with van der Waals surface area (Å²) in [4.78, 5) is 0. The van der Waals surface area contributed by atoms with E-state index in [-0.39, 0.29) is 107 Å². The van der Waals surface area contributed by atoms with Gasteiger partial charge in [0.25, 0.3) is 0 Å². The molecule has 0 unspecified atom stereocenters. The molecular weight excluding hydrogens is 142 g/mol. The number of hydrogen-bond donors (Lipinski definition) is 0.